The van der Waals surface area contributed by atoms with Crippen LogP contribution < -0.4 is 0 Å². The molecule has 0 saturated carbocycles. The second-order valence-corrected chi connectivity index (χ2v) is 12.3. The van der Waals surface area contributed by atoms with Crippen LogP contribution in [-0.2, 0) is 19.2 Å². The van der Waals surface area contributed by atoms with Gasteiger partial charge >= 0.3 is 0 Å². The predicted molar refractivity (Wildman–Crippen MR) is 145 cm³/mol. The summed E-state index contributed by atoms with van der Waals surface area (Å²) in [6.07, 6.45) is 9.51. The van der Waals surface area contributed by atoms with Gasteiger partial charge in [0.15, 0.2) is 0 Å². The fourth-order valence-electron chi connectivity index (χ4n) is 6.68. The van der Waals surface area contributed by atoms with Crippen molar-refractivity contribution in [3.63, 3.8) is 0 Å². The van der Waals surface area contributed by atoms with Gasteiger partial charge in [-0.3, -0.25) is 29.0 Å². The van der Waals surface area contributed by atoms with Gasteiger partial charge in [-0.15, -0.1) is 0 Å². The largest absolute Gasteiger partial charge is 0.301 e. The number of piperazine rings is 1. The molecule has 10 heteroatoms. The molecule has 38 heavy (non-hydrogen) atoms. The third-order valence-electron chi connectivity index (χ3n) is 9.00. The average Bonchev–Trinajstić information content (AvgIpc) is 3.28. The van der Waals surface area contributed by atoms with E-state index in [9.17, 15) is 19.2 Å². The zero-order chi connectivity index (χ0) is 26.8. The summed E-state index contributed by atoms with van der Waals surface area (Å²) in [6.45, 7) is 7.01. The molecule has 208 valence electrons. The van der Waals surface area contributed by atoms with Crippen molar-refractivity contribution in [2.75, 3.05) is 52.4 Å². The van der Waals surface area contributed by atoms with Gasteiger partial charge in [0.25, 0.3) is 0 Å². The van der Waals surface area contributed by atoms with Crippen LogP contribution in [0.5, 0.6) is 0 Å². The fraction of sp³-hybridized carbons (Fsp3) is 0.714. The van der Waals surface area contributed by atoms with E-state index in [1.54, 1.807) is 0 Å². The molecule has 5 aliphatic rings. The number of imide groups is 2. The molecule has 0 spiro atoms. The number of unbranched alkanes of at least 4 members (excludes halogenated alkanes) is 2. The fourth-order valence-corrected chi connectivity index (χ4v) is 7.19. The van der Waals surface area contributed by atoms with Gasteiger partial charge in [0.2, 0.25) is 23.6 Å². The maximum atomic E-state index is 12.7. The van der Waals surface area contributed by atoms with Crippen LogP contribution in [0, 0.1) is 23.7 Å². The smallest absolute Gasteiger partial charge is 0.233 e. The summed E-state index contributed by atoms with van der Waals surface area (Å²) in [5.41, 5.74) is 0. The van der Waals surface area contributed by atoms with Gasteiger partial charge in [0, 0.05) is 49.3 Å². The number of rotatable bonds is 10. The Morgan fingerprint density at radius 3 is 1.29 bits per heavy atom. The van der Waals surface area contributed by atoms with Crippen LogP contribution in [0.3, 0.4) is 0 Å². The van der Waals surface area contributed by atoms with Gasteiger partial charge < -0.3 is 9.80 Å². The first-order valence-electron chi connectivity index (χ1n) is 14.2. The van der Waals surface area contributed by atoms with E-state index < -0.39 is 0 Å². The first-order chi connectivity index (χ1) is 18.3. The number of halogens is 2. The van der Waals surface area contributed by atoms with Gasteiger partial charge in [-0.05, 0) is 64.5 Å². The van der Waals surface area contributed by atoms with E-state index in [0.717, 1.165) is 65.0 Å². The van der Waals surface area contributed by atoms with Crippen LogP contribution in [-0.4, -0.2) is 95.6 Å². The van der Waals surface area contributed by atoms with Crippen LogP contribution in [0.2, 0.25) is 0 Å². The number of hydrogen-bond acceptors (Lipinski definition) is 6. The Morgan fingerprint density at radius 2 is 0.895 bits per heavy atom. The molecular weight excluding hydrogens is 527 g/mol. The van der Waals surface area contributed by atoms with Crippen molar-refractivity contribution in [3.05, 3.63) is 22.2 Å². The molecule has 3 heterocycles. The van der Waals surface area contributed by atoms with E-state index in [2.05, 4.69) is 9.80 Å². The summed E-state index contributed by atoms with van der Waals surface area (Å²) in [5, 5.41) is 1.40. The van der Waals surface area contributed by atoms with E-state index >= 15 is 0 Å². The first-order valence-corrected chi connectivity index (χ1v) is 14.9. The van der Waals surface area contributed by atoms with Crippen LogP contribution in [0.25, 0.3) is 0 Å². The van der Waals surface area contributed by atoms with Crippen LogP contribution >= 0.6 is 23.2 Å². The Hall–Kier alpha value is -1.74. The van der Waals surface area contributed by atoms with Gasteiger partial charge in [-0.25, -0.2) is 0 Å². The lowest BCUT2D eigenvalue weighted by Crippen LogP contribution is -2.47. The molecule has 0 aromatic heterocycles. The summed E-state index contributed by atoms with van der Waals surface area (Å²) in [6, 6.07) is 0. The van der Waals surface area contributed by atoms with Gasteiger partial charge in [-0.1, -0.05) is 35.4 Å². The van der Waals surface area contributed by atoms with E-state index in [0.29, 0.717) is 48.8 Å². The highest BCUT2D eigenvalue weighted by Gasteiger charge is 2.49. The Labute approximate surface area is 234 Å². The summed E-state index contributed by atoms with van der Waals surface area (Å²) < 4.78 is 0. The molecule has 4 amide bonds. The Kier molecular flexibility index (Phi) is 8.92. The van der Waals surface area contributed by atoms with Crippen LogP contribution in [0.1, 0.15) is 51.4 Å². The van der Waals surface area contributed by atoms with Crippen LogP contribution in [0.4, 0.5) is 0 Å². The third-order valence-corrected chi connectivity index (χ3v) is 9.61. The maximum absolute atomic E-state index is 12.7. The Bertz CT molecular complexity index is 942. The molecule has 3 fully saturated rings. The molecular formula is C28H38Cl2N4O4. The van der Waals surface area contributed by atoms with E-state index in [1.807, 2.05) is 12.2 Å². The van der Waals surface area contributed by atoms with Crippen molar-refractivity contribution in [1.29, 1.82) is 0 Å². The van der Waals surface area contributed by atoms with Crippen molar-refractivity contribution in [1.82, 2.24) is 19.6 Å². The highest BCUT2D eigenvalue weighted by molar-refractivity contribution is 6.30. The van der Waals surface area contributed by atoms with E-state index in [4.69, 9.17) is 23.2 Å². The molecule has 0 unspecified atom stereocenters. The standard InChI is InChI=1S/C28H38Cl2N4O4/c29-19-5-7-21-23(17-19)27(37)33(25(21)35)11-3-1-9-31-13-15-32(16-14-31)10-2-4-12-34-26(36)22-8-6-20(30)18-24(22)28(34)38/h5-6,21-24H,1-4,7-18H2/t21-,22+,23-,24-/m0/s1. The average molecular weight is 566 g/mol. The van der Waals surface area contributed by atoms with Crippen molar-refractivity contribution in [2.24, 2.45) is 23.7 Å². The topological polar surface area (TPSA) is 81.2 Å². The van der Waals surface area contributed by atoms with Crippen molar-refractivity contribution in [3.8, 4) is 0 Å². The number of hydrogen-bond donors (Lipinski definition) is 0. The Balaban J connectivity index is 0.935. The molecule has 8 nitrogen and oxygen atoms in total. The monoisotopic (exact) mass is 564 g/mol. The molecule has 0 aromatic rings. The highest BCUT2D eigenvalue weighted by atomic mass is 35.5. The second kappa shape index (κ2) is 12.2. The van der Waals surface area contributed by atoms with Crippen molar-refractivity contribution >= 4 is 46.8 Å². The number of amides is 4. The molecule has 4 atom stereocenters. The normalized spacial score (nSPS) is 30.6. The lowest BCUT2D eigenvalue weighted by atomic mass is 9.85. The first kappa shape index (κ1) is 27.8. The molecule has 3 saturated heterocycles. The minimum absolute atomic E-state index is 0.0211. The number of fused-ring (bicyclic) bond motifs is 2. The van der Waals surface area contributed by atoms with Gasteiger partial charge in [-0.2, -0.15) is 0 Å². The molecule has 0 radical (unpaired) electrons. The predicted octanol–water partition coefficient (Wildman–Crippen LogP) is 3.20. The maximum Gasteiger partial charge on any atom is 0.233 e. The molecule has 0 bridgehead atoms. The molecule has 0 aromatic carbocycles. The minimum Gasteiger partial charge on any atom is -0.301 e. The van der Waals surface area contributed by atoms with Crippen molar-refractivity contribution < 1.29 is 19.2 Å². The van der Waals surface area contributed by atoms with Crippen molar-refractivity contribution in [2.45, 2.75) is 51.4 Å². The lowest BCUT2D eigenvalue weighted by molar-refractivity contribution is -0.141. The van der Waals surface area contributed by atoms with Gasteiger partial charge in [0.05, 0.1) is 23.7 Å². The van der Waals surface area contributed by atoms with E-state index in [1.165, 1.54) is 9.80 Å². The highest BCUT2D eigenvalue weighted by Crippen LogP contribution is 2.40. The van der Waals surface area contributed by atoms with Gasteiger partial charge in [0.1, 0.15) is 0 Å². The molecule has 3 aliphatic heterocycles. The molecule has 5 rings (SSSR count). The number of carbonyl (C=O) groups excluding carboxylic acids is 4. The second-order valence-electron chi connectivity index (χ2n) is 11.4. The quantitative estimate of drug-likeness (QED) is 0.299. The number of carbonyl (C=O) groups is 4. The summed E-state index contributed by atoms with van der Waals surface area (Å²) >= 11 is 12.2. The third kappa shape index (κ3) is 5.88. The minimum atomic E-state index is -0.259. The lowest BCUT2D eigenvalue weighted by Gasteiger charge is -2.34. The summed E-state index contributed by atoms with van der Waals surface area (Å²) in [7, 11) is 0. The number of nitrogens with zero attached hydrogens (tertiary/aromatic N) is 4. The Morgan fingerprint density at radius 1 is 0.553 bits per heavy atom. The molecule has 2 aliphatic carbocycles. The zero-order valence-electron chi connectivity index (χ0n) is 22.0. The molecule has 0 N–H and O–H groups in total. The van der Waals surface area contributed by atoms with E-state index in [-0.39, 0.29) is 47.3 Å². The summed E-state index contributed by atoms with van der Waals surface area (Å²) in [5.74, 6) is -1.07. The number of likely N-dealkylation sites (tertiary alicyclic amines) is 2. The SMILES string of the molecule is O=C1[C@H]2CC=C(Cl)C[C@@H]2C(=O)N1CCCCN1CCN(CCCCN2C(=O)[C@H]3CC(Cl)=CC[C@H]3C2=O)CC1. The number of allylic oxidation sites excluding steroid dienone is 4. The summed E-state index contributed by atoms with van der Waals surface area (Å²) in [4.78, 5) is 58.5. The van der Waals surface area contributed by atoms with Crippen LogP contribution in [0.15, 0.2) is 22.2 Å². The zero-order valence-corrected chi connectivity index (χ0v) is 23.5.